The predicted octanol–water partition coefficient (Wildman–Crippen LogP) is 4.47. The van der Waals surface area contributed by atoms with Crippen LogP contribution in [0.4, 0.5) is 0 Å². The fourth-order valence-electron chi connectivity index (χ4n) is 3.76. The Kier molecular flexibility index (Phi) is 7.82. The van der Waals surface area contributed by atoms with E-state index in [0.717, 1.165) is 23.4 Å². The van der Waals surface area contributed by atoms with Gasteiger partial charge in [-0.1, -0.05) is 53.5 Å². The monoisotopic (exact) mass is 516 g/mol. The first-order valence-electron chi connectivity index (χ1n) is 10.7. The van der Waals surface area contributed by atoms with Crippen molar-refractivity contribution in [2.45, 2.75) is 25.2 Å². The molecular formula is C24H22Cl2N4O3S. The van der Waals surface area contributed by atoms with Gasteiger partial charge in [-0.3, -0.25) is 25.2 Å². The second kappa shape index (κ2) is 11.0. The number of carbonyl (C=O) groups is 3. The van der Waals surface area contributed by atoms with Crippen molar-refractivity contribution in [1.29, 1.82) is 0 Å². The Bertz CT molecular complexity index is 1210. The Labute approximate surface area is 211 Å². The summed E-state index contributed by atoms with van der Waals surface area (Å²) in [7, 11) is 0. The summed E-state index contributed by atoms with van der Waals surface area (Å²) in [6.07, 6.45) is 1.82. The average Bonchev–Trinajstić information content (AvgIpc) is 3.35. The lowest BCUT2D eigenvalue weighted by Crippen LogP contribution is -2.42. The highest BCUT2D eigenvalue weighted by molar-refractivity contribution is 7.09. The summed E-state index contributed by atoms with van der Waals surface area (Å²) in [6, 6.07) is 13.9. The highest BCUT2D eigenvalue weighted by Crippen LogP contribution is 2.30. The van der Waals surface area contributed by atoms with Crippen molar-refractivity contribution in [3.05, 3.63) is 85.8 Å². The van der Waals surface area contributed by atoms with Crippen molar-refractivity contribution in [2.24, 2.45) is 0 Å². The first-order valence-corrected chi connectivity index (χ1v) is 12.4. The van der Waals surface area contributed by atoms with Crippen molar-refractivity contribution in [1.82, 2.24) is 20.7 Å². The van der Waals surface area contributed by atoms with E-state index in [4.69, 9.17) is 23.2 Å². The molecule has 1 aliphatic heterocycles. The molecule has 10 heteroatoms. The first-order chi connectivity index (χ1) is 16.4. The van der Waals surface area contributed by atoms with Gasteiger partial charge in [0.2, 0.25) is 5.91 Å². The number of hydrogen-bond donors (Lipinski definition) is 2. The molecule has 2 N–H and O–H groups in total. The number of carbonyl (C=O) groups excluding carboxylic acids is 3. The number of halogens is 2. The fourth-order valence-corrected chi connectivity index (χ4v) is 5.16. The summed E-state index contributed by atoms with van der Waals surface area (Å²) in [5, 5.41) is 3.41. The van der Waals surface area contributed by atoms with E-state index in [0.29, 0.717) is 23.1 Å². The number of likely N-dealkylation sites (tertiary alicyclic amines) is 1. The number of rotatable bonds is 5. The molecule has 0 saturated carbocycles. The van der Waals surface area contributed by atoms with E-state index in [1.54, 1.807) is 35.7 Å². The lowest BCUT2D eigenvalue weighted by molar-refractivity contribution is -0.131. The highest BCUT2D eigenvalue weighted by Gasteiger charge is 2.26. The van der Waals surface area contributed by atoms with Crippen LogP contribution in [-0.2, 0) is 11.2 Å². The molecule has 0 radical (unpaired) electrons. The van der Waals surface area contributed by atoms with Crippen LogP contribution in [0, 0.1) is 0 Å². The largest absolute Gasteiger partial charge is 0.342 e. The number of nitrogens with zero attached hydrogens (tertiary/aromatic N) is 2. The van der Waals surface area contributed by atoms with Gasteiger partial charge in [0, 0.05) is 29.4 Å². The van der Waals surface area contributed by atoms with Crippen LogP contribution >= 0.6 is 34.5 Å². The maximum Gasteiger partial charge on any atom is 0.289 e. The number of hydrogen-bond acceptors (Lipinski definition) is 5. The second-order valence-corrected chi connectivity index (χ2v) is 9.59. The second-order valence-electron chi connectivity index (χ2n) is 7.88. The van der Waals surface area contributed by atoms with Crippen molar-refractivity contribution in [3.8, 4) is 0 Å². The smallest absolute Gasteiger partial charge is 0.289 e. The van der Waals surface area contributed by atoms with Crippen molar-refractivity contribution in [2.75, 3.05) is 13.1 Å². The number of amides is 3. The summed E-state index contributed by atoms with van der Waals surface area (Å²) in [6.45, 7) is 1.26. The molecule has 0 spiro atoms. The third kappa shape index (κ3) is 5.75. The van der Waals surface area contributed by atoms with E-state index in [2.05, 4.69) is 15.8 Å². The zero-order valence-corrected chi connectivity index (χ0v) is 20.4. The number of hydrazine groups is 1. The van der Waals surface area contributed by atoms with Crippen LogP contribution < -0.4 is 10.9 Å². The van der Waals surface area contributed by atoms with Crippen molar-refractivity contribution < 1.29 is 14.4 Å². The predicted molar refractivity (Wildman–Crippen MR) is 132 cm³/mol. The molecule has 1 aromatic heterocycles. The lowest BCUT2D eigenvalue weighted by Gasteiger charge is -2.31. The molecular weight excluding hydrogens is 495 g/mol. The normalized spacial score (nSPS) is 14.0. The number of thiazole rings is 1. The number of piperidine rings is 1. The molecule has 2 heterocycles. The minimum Gasteiger partial charge on any atom is -0.342 e. The van der Waals surface area contributed by atoms with Crippen LogP contribution in [0.2, 0.25) is 10.0 Å². The van der Waals surface area contributed by atoms with Gasteiger partial charge in [-0.15, -0.1) is 11.3 Å². The van der Waals surface area contributed by atoms with Crippen LogP contribution in [0.3, 0.4) is 0 Å². The van der Waals surface area contributed by atoms with Crippen LogP contribution in [0.5, 0.6) is 0 Å². The van der Waals surface area contributed by atoms with E-state index < -0.39 is 11.8 Å². The molecule has 3 amide bonds. The van der Waals surface area contributed by atoms with Crippen LogP contribution in [0.15, 0.2) is 53.9 Å². The Morgan fingerprint density at radius 3 is 2.29 bits per heavy atom. The molecule has 3 aromatic rings. The molecule has 34 heavy (non-hydrogen) atoms. The highest BCUT2D eigenvalue weighted by atomic mass is 35.5. The summed E-state index contributed by atoms with van der Waals surface area (Å²) in [5.74, 6) is -0.785. The van der Waals surface area contributed by atoms with Gasteiger partial charge in [-0.05, 0) is 36.6 Å². The van der Waals surface area contributed by atoms with Gasteiger partial charge in [-0.2, -0.15) is 0 Å². The Hall–Kier alpha value is -2.94. The van der Waals surface area contributed by atoms with E-state index in [1.807, 2.05) is 23.1 Å². The molecule has 4 rings (SSSR count). The summed E-state index contributed by atoms with van der Waals surface area (Å²) in [5.41, 5.74) is 6.05. The Morgan fingerprint density at radius 1 is 0.941 bits per heavy atom. The molecule has 1 aliphatic rings. The third-order valence-electron chi connectivity index (χ3n) is 5.66. The number of aromatic nitrogens is 1. The molecule has 176 valence electrons. The molecule has 1 fully saturated rings. The minimum atomic E-state index is -0.511. The van der Waals surface area contributed by atoms with E-state index in [9.17, 15) is 14.4 Å². The van der Waals surface area contributed by atoms with Crippen LogP contribution in [-0.4, -0.2) is 40.7 Å². The first kappa shape index (κ1) is 24.2. The third-order valence-corrected chi connectivity index (χ3v) is 7.36. The standard InChI is InChI=1S/C24H22Cl2N4O3S/c25-18-7-3-1-5-16(18)13-21(31)30-11-9-15(10-12-30)24-27-20(14-34-24)23(33)29-28-22(32)17-6-2-4-8-19(17)26/h1-8,14-15H,9-13H2,(H,28,32)(H,29,33). The molecule has 0 atom stereocenters. The maximum atomic E-state index is 12.7. The molecule has 0 bridgehead atoms. The lowest BCUT2D eigenvalue weighted by atomic mass is 9.97. The zero-order chi connectivity index (χ0) is 24.1. The van der Waals surface area contributed by atoms with Crippen molar-refractivity contribution >= 4 is 52.3 Å². The Balaban J connectivity index is 1.28. The van der Waals surface area contributed by atoms with Gasteiger partial charge in [-0.25, -0.2) is 4.98 Å². The molecule has 0 unspecified atom stereocenters. The van der Waals surface area contributed by atoms with Gasteiger partial charge in [0.25, 0.3) is 11.8 Å². The molecule has 1 saturated heterocycles. The molecule has 2 aromatic carbocycles. The topological polar surface area (TPSA) is 91.4 Å². The maximum absolute atomic E-state index is 12.7. The zero-order valence-electron chi connectivity index (χ0n) is 18.1. The van der Waals surface area contributed by atoms with E-state index in [1.165, 1.54) is 11.3 Å². The average molecular weight is 517 g/mol. The van der Waals surface area contributed by atoms with Gasteiger partial charge < -0.3 is 4.90 Å². The molecule has 7 nitrogen and oxygen atoms in total. The van der Waals surface area contributed by atoms with Crippen LogP contribution in [0.25, 0.3) is 0 Å². The van der Waals surface area contributed by atoms with Crippen LogP contribution in [0.1, 0.15) is 50.2 Å². The Morgan fingerprint density at radius 2 is 1.59 bits per heavy atom. The summed E-state index contributed by atoms with van der Waals surface area (Å²) in [4.78, 5) is 43.6. The van der Waals surface area contributed by atoms with Gasteiger partial charge in [0.05, 0.1) is 22.0 Å². The number of nitrogens with one attached hydrogen (secondary N) is 2. The molecule has 0 aliphatic carbocycles. The van der Waals surface area contributed by atoms with E-state index >= 15 is 0 Å². The van der Waals surface area contributed by atoms with Crippen molar-refractivity contribution in [3.63, 3.8) is 0 Å². The summed E-state index contributed by atoms with van der Waals surface area (Å²) >= 11 is 13.6. The fraction of sp³-hybridized carbons (Fsp3) is 0.250. The van der Waals surface area contributed by atoms with Gasteiger partial charge >= 0.3 is 0 Å². The minimum absolute atomic E-state index is 0.0556. The number of benzene rings is 2. The SMILES string of the molecule is O=C(NNC(=O)c1ccccc1Cl)c1csc(C2CCN(C(=O)Cc3ccccc3Cl)CC2)n1. The van der Waals surface area contributed by atoms with E-state index in [-0.39, 0.29) is 29.5 Å². The quantitative estimate of drug-likeness (QED) is 0.489. The van der Waals surface area contributed by atoms with Gasteiger partial charge in [0.15, 0.2) is 0 Å². The van der Waals surface area contributed by atoms with Gasteiger partial charge in [0.1, 0.15) is 5.69 Å². The summed E-state index contributed by atoms with van der Waals surface area (Å²) < 4.78 is 0.